The summed E-state index contributed by atoms with van der Waals surface area (Å²) in [5.74, 6) is -0.104. The topological polar surface area (TPSA) is 77.1 Å². The second-order valence-corrected chi connectivity index (χ2v) is 15.5. The third kappa shape index (κ3) is 33.2. The molecule has 8 heteroatoms. The van der Waals surface area contributed by atoms with E-state index in [0.29, 0.717) is 44.3 Å². The quantitative estimate of drug-likeness (QED) is 0.0378. The lowest BCUT2D eigenvalue weighted by Crippen LogP contribution is -2.31. The van der Waals surface area contributed by atoms with Crippen LogP contribution < -0.4 is 5.32 Å². The lowest BCUT2D eigenvalue weighted by molar-refractivity contribution is -0.149. The Bertz CT molecular complexity index is 794. The zero-order valence-electron chi connectivity index (χ0n) is 35.1. The SMILES string of the molecule is CCCCCCCCCCCC(=O)OCCC(CCOC(=O)C(CCCCCCCC)CCCCCCCC)COC(=S)NCCCN(CC)CC. The molecule has 308 valence electrons. The Hall–Kier alpha value is -1.41. The van der Waals surface area contributed by atoms with Crippen LogP contribution in [0.4, 0.5) is 0 Å². The number of hydrogen-bond donors (Lipinski definition) is 1. The van der Waals surface area contributed by atoms with Gasteiger partial charge in [-0.25, -0.2) is 0 Å². The number of unbranched alkanes of at least 4 members (excludes halogenated alkanes) is 18. The van der Waals surface area contributed by atoms with E-state index in [1.807, 2.05) is 0 Å². The molecule has 1 N–H and O–H groups in total. The zero-order valence-corrected chi connectivity index (χ0v) is 35.9. The highest BCUT2D eigenvalue weighted by Crippen LogP contribution is 2.22. The second kappa shape index (κ2) is 39.3. The molecule has 1 unspecified atom stereocenters. The van der Waals surface area contributed by atoms with Gasteiger partial charge in [-0.05, 0) is 76.3 Å². The van der Waals surface area contributed by atoms with Crippen LogP contribution in [0.25, 0.3) is 0 Å². The summed E-state index contributed by atoms with van der Waals surface area (Å²) >= 11 is 5.48. The monoisotopic (exact) mass is 755 g/mol. The van der Waals surface area contributed by atoms with Crippen molar-refractivity contribution in [3.63, 3.8) is 0 Å². The molecule has 0 aromatic heterocycles. The number of carbonyl (C=O) groups is 2. The van der Waals surface area contributed by atoms with Crippen molar-refractivity contribution in [1.29, 1.82) is 0 Å². The molecule has 0 aliphatic carbocycles. The molecule has 0 saturated carbocycles. The van der Waals surface area contributed by atoms with Crippen molar-refractivity contribution >= 4 is 29.3 Å². The average Bonchev–Trinajstić information content (AvgIpc) is 3.14. The van der Waals surface area contributed by atoms with Gasteiger partial charge in [0, 0.05) is 13.0 Å². The van der Waals surface area contributed by atoms with Crippen LogP contribution >= 0.6 is 12.2 Å². The number of rotatable bonds is 39. The van der Waals surface area contributed by atoms with E-state index in [2.05, 4.69) is 44.8 Å². The van der Waals surface area contributed by atoms with Crippen LogP contribution in [0.15, 0.2) is 0 Å². The number of nitrogens with one attached hydrogen (secondary N) is 1. The van der Waals surface area contributed by atoms with E-state index in [9.17, 15) is 9.59 Å². The van der Waals surface area contributed by atoms with Gasteiger partial charge in [0.05, 0.1) is 25.7 Å². The normalized spacial score (nSPS) is 12.0. The summed E-state index contributed by atoms with van der Waals surface area (Å²) in [5.41, 5.74) is 0. The van der Waals surface area contributed by atoms with Crippen molar-refractivity contribution in [2.45, 2.75) is 208 Å². The molecule has 0 radical (unpaired) electrons. The predicted octanol–water partition coefficient (Wildman–Crippen LogP) is 12.1. The molecular weight excluding hydrogens is 669 g/mol. The minimum Gasteiger partial charge on any atom is -0.471 e. The number of hydrogen-bond acceptors (Lipinski definition) is 7. The van der Waals surface area contributed by atoms with E-state index in [1.54, 1.807) is 0 Å². The summed E-state index contributed by atoms with van der Waals surface area (Å²) in [7, 11) is 0. The van der Waals surface area contributed by atoms with Crippen molar-refractivity contribution in [3.8, 4) is 0 Å². The smallest absolute Gasteiger partial charge is 0.308 e. The first-order chi connectivity index (χ1) is 25.4. The molecule has 0 aromatic rings. The number of ether oxygens (including phenoxy) is 3. The minimum atomic E-state index is -0.119. The Morgan fingerprint density at radius 3 is 1.52 bits per heavy atom. The summed E-state index contributed by atoms with van der Waals surface area (Å²) in [6.07, 6.45) is 30.4. The van der Waals surface area contributed by atoms with E-state index in [4.69, 9.17) is 26.4 Å². The molecule has 0 heterocycles. The molecule has 0 bridgehead atoms. The van der Waals surface area contributed by atoms with Crippen LogP contribution in [-0.4, -0.2) is 68.0 Å². The Labute approximate surface area is 328 Å². The molecule has 0 aliphatic rings. The fourth-order valence-corrected chi connectivity index (χ4v) is 6.92. The summed E-state index contributed by atoms with van der Waals surface area (Å²) in [5, 5.41) is 3.64. The van der Waals surface area contributed by atoms with Crippen LogP contribution in [0.2, 0.25) is 0 Å². The highest BCUT2D eigenvalue weighted by molar-refractivity contribution is 7.80. The van der Waals surface area contributed by atoms with Gasteiger partial charge in [-0.1, -0.05) is 163 Å². The predicted molar refractivity (Wildman–Crippen MR) is 225 cm³/mol. The van der Waals surface area contributed by atoms with Crippen molar-refractivity contribution in [1.82, 2.24) is 10.2 Å². The summed E-state index contributed by atoms with van der Waals surface area (Å²) in [6, 6.07) is 0. The molecule has 52 heavy (non-hydrogen) atoms. The number of carbonyl (C=O) groups excluding carboxylic acids is 2. The Kier molecular flexibility index (Phi) is 38.2. The third-order valence-electron chi connectivity index (χ3n) is 10.5. The first kappa shape index (κ1) is 50.6. The van der Waals surface area contributed by atoms with Gasteiger partial charge in [0.1, 0.15) is 0 Å². The first-order valence-corrected chi connectivity index (χ1v) is 22.8. The number of nitrogens with zero attached hydrogens (tertiary/aromatic N) is 1. The maximum Gasteiger partial charge on any atom is 0.308 e. The minimum absolute atomic E-state index is 0.0119. The third-order valence-corrected chi connectivity index (χ3v) is 10.7. The standard InChI is InChI=1S/C44H86N2O5S/c1-6-11-14-17-20-21-22-25-28-32-42(47)49-37-33-40(39-51-44(52)45-35-29-36-46(9-4)10-5)34-38-50-43(48)41(30-26-23-18-15-12-7-2)31-27-24-19-16-13-8-3/h40-41H,6-39H2,1-5H3,(H,45,52). The van der Waals surface area contributed by atoms with Gasteiger partial charge in [0.15, 0.2) is 0 Å². The molecule has 0 fully saturated rings. The van der Waals surface area contributed by atoms with Crippen molar-refractivity contribution < 1.29 is 23.8 Å². The molecule has 0 spiro atoms. The summed E-state index contributed by atoms with van der Waals surface area (Å²) in [4.78, 5) is 28.2. The van der Waals surface area contributed by atoms with E-state index < -0.39 is 0 Å². The van der Waals surface area contributed by atoms with Gasteiger partial charge >= 0.3 is 11.9 Å². The molecule has 0 aliphatic heterocycles. The van der Waals surface area contributed by atoms with E-state index in [0.717, 1.165) is 71.1 Å². The van der Waals surface area contributed by atoms with Crippen molar-refractivity contribution in [3.05, 3.63) is 0 Å². The highest BCUT2D eigenvalue weighted by atomic mass is 32.1. The summed E-state index contributed by atoms with van der Waals surface area (Å²) < 4.78 is 17.6. The molecule has 7 nitrogen and oxygen atoms in total. The average molecular weight is 755 g/mol. The van der Waals surface area contributed by atoms with Crippen LogP contribution in [0.1, 0.15) is 208 Å². The van der Waals surface area contributed by atoms with Crippen molar-refractivity contribution in [2.24, 2.45) is 11.8 Å². The fourth-order valence-electron chi connectivity index (χ4n) is 6.75. The van der Waals surface area contributed by atoms with E-state index in [-0.39, 0.29) is 23.8 Å². The maximum absolute atomic E-state index is 13.3. The van der Waals surface area contributed by atoms with Crippen molar-refractivity contribution in [2.75, 3.05) is 46.0 Å². The van der Waals surface area contributed by atoms with Gasteiger partial charge in [-0.15, -0.1) is 0 Å². The van der Waals surface area contributed by atoms with Gasteiger partial charge in [-0.3, -0.25) is 9.59 Å². The lowest BCUT2D eigenvalue weighted by Gasteiger charge is -2.21. The molecule has 0 aromatic carbocycles. The highest BCUT2D eigenvalue weighted by Gasteiger charge is 2.21. The van der Waals surface area contributed by atoms with Crippen LogP contribution in [0.5, 0.6) is 0 Å². The van der Waals surface area contributed by atoms with E-state index >= 15 is 0 Å². The fraction of sp³-hybridized carbons (Fsp3) is 0.932. The molecular formula is C44H86N2O5S. The number of thiocarbonyl (C=S) groups is 1. The second-order valence-electron chi connectivity index (χ2n) is 15.1. The lowest BCUT2D eigenvalue weighted by atomic mass is 9.94. The largest absolute Gasteiger partial charge is 0.471 e. The zero-order chi connectivity index (χ0) is 38.3. The molecule has 0 rings (SSSR count). The first-order valence-electron chi connectivity index (χ1n) is 22.4. The Balaban J connectivity index is 4.88. The van der Waals surface area contributed by atoms with Crippen LogP contribution in [-0.2, 0) is 23.8 Å². The molecule has 1 atom stereocenters. The van der Waals surface area contributed by atoms with Crippen LogP contribution in [0.3, 0.4) is 0 Å². The van der Waals surface area contributed by atoms with Gasteiger partial charge < -0.3 is 24.4 Å². The molecule has 0 amide bonds. The molecule has 0 saturated heterocycles. The van der Waals surface area contributed by atoms with Gasteiger partial charge in [0.2, 0.25) is 0 Å². The van der Waals surface area contributed by atoms with E-state index in [1.165, 1.54) is 109 Å². The summed E-state index contributed by atoms with van der Waals surface area (Å²) in [6.45, 7) is 16.1. The number of esters is 2. The Morgan fingerprint density at radius 1 is 0.558 bits per heavy atom. The Morgan fingerprint density at radius 2 is 1.02 bits per heavy atom. The van der Waals surface area contributed by atoms with Crippen LogP contribution in [0, 0.1) is 11.8 Å². The van der Waals surface area contributed by atoms with Gasteiger partial charge in [0.25, 0.3) is 5.17 Å². The van der Waals surface area contributed by atoms with Gasteiger partial charge in [-0.2, -0.15) is 0 Å². The maximum atomic E-state index is 13.3.